The summed E-state index contributed by atoms with van der Waals surface area (Å²) in [6, 6.07) is 19.7. The number of fused-ring (bicyclic) bond motifs is 1. The molecule has 6 heteroatoms. The van der Waals surface area contributed by atoms with E-state index in [4.69, 9.17) is 14.2 Å². The molecule has 192 valence electrons. The summed E-state index contributed by atoms with van der Waals surface area (Å²) in [6.45, 7) is 11.4. The predicted molar refractivity (Wildman–Crippen MR) is 146 cm³/mol. The Kier molecular flexibility index (Phi) is 7.79. The molecule has 2 atom stereocenters. The molecule has 0 saturated carbocycles. The molecular formula is C30H35BrFNO3. The molecule has 0 fully saturated rings. The van der Waals surface area contributed by atoms with Crippen LogP contribution in [0.5, 0.6) is 5.75 Å². The van der Waals surface area contributed by atoms with Gasteiger partial charge in [0.25, 0.3) is 0 Å². The van der Waals surface area contributed by atoms with Gasteiger partial charge in [0.05, 0.1) is 6.61 Å². The lowest BCUT2D eigenvalue weighted by Crippen LogP contribution is -2.50. The van der Waals surface area contributed by atoms with Crippen molar-refractivity contribution in [2.45, 2.75) is 71.0 Å². The molecule has 0 radical (unpaired) electrons. The number of hydrogen-bond donors (Lipinski definition) is 1. The molecule has 1 heterocycles. The van der Waals surface area contributed by atoms with Crippen LogP contribution in [0.4, 0.5) is 10.1 Å². The number of nitrogens with one attached hydrogen (secondary N) is 1. The fourth-order valence-corrected chi connectivity index (χ4v) is 4.86. The highest BCUT2D eigenvalue weighted by Crippen LogP contribution is 2.44. The van der Waals surface area contributed by atoms with E-state index in [1.807, 2.05) is 32.0 Å². The average Bonchev–Trinajstić information content (AvgIpc) is 2.81. The Morgan fingerprint density at radius 1 is 1.03 bits per heavy atom. The number of halogens is 2. The fraction of sp³-hybridized carbons (Fsp3) is 0.400. The van der Waals surface area contributed by atoms with Crippen LogP contribution in [0.2, 0.25) is 0 Å². The van der Waals surface area contributed by atoms with E-state index in [-0.39, 0.29) is 23.9 Å². The van der Waals surface area contributed by atoms with Gasteiger partial charge in [0.15, 0.2) is 0 Å². The highest BCUT2D eigenvalue weighted by atomic mass is 79.9. The quantitative estimate of drug-likeness (QED) is 0.321. The smallest absolute Gasteiger partial charge is 0.132 e. The Hall–Kier alpha value is -2.41. The molecule has 0 amide bonds. The van der Waals surface area contributed by atoms with Gasteiger partial charge in [-0.25, -0.2) is 4.39 Å². The van der Waals surface area contributed by atoms with E-state index in [0.717, 1.165) is 17.0 Å². The minimum Gasteiger partial charge on any atom is -0.485 e. The van der Waals surface area contributed by atoms with E-state index in [0.29, 0.717) is 16.6 Å². The van der Waals surface area contributed by atoms with Crippen molar-refractivity contribution in [2.24, 2.45) is 0 Å². The largest absolute Gasteiger partial charge is 0.485 e. The van der Waals surface area contributed by atoms with Crippen LogP contribution in [-0.2, 0) is 28.0 Å². The first-order chi connectivity index (χ1) is 17.0. The van der Waals surface area contributed by atoms with Gasteiger partial charge in [-0.05, 0) is 60.7 Å². The number of ether oxygens (including phenoxy) is 3. The van der Waals surface area contributed by atoms with Gasteiger partial charge in [-0.3, -0.25) is 0 Å². The first-order valence-corrected chi connectivity index (χ1v) is 13.0. The van der Waals surface area contributed by atoms with Gasteiger partial charge in [0.1, 0.15) is 29.4 Å². The minimum atomic E-state index is -0.663. The van der Waals surface area contributed by atoms with Gasteiger partial charge >= 0.3 is 0 Å². The summed E-state index contributed by atoms with van der Waals surface area (Å²) in [5, 5.41) is 3.51. The van der Waals surface area contributed by atoms with Gasteiger partial charge in [-0.15, -0.1) is 0 Å². The van der Waals surface area contributed by atoms with Crippen LogP contribution >= 0.6 is 15.9 Å². The number of anilines is 1. The molecule has 1 N–H and O–H groups in total. The van der Waals surface area contributed by atoms with Gasteiger partial charge in [0.2, 0.25) is 0 Å². The molecular weight excluding hydrogens is 521 g/mol. The summed E-state index contributed by atoms with van der Waals surface area (Å²) in [6.07, 6.45) is -0.798. The molecule has 0 aliphatic carbocycles. The second-order valence-electron chi connectivity index (χ2n) is 10.9. The first kappa shape index (κ1) is 26.6. The van der Waals surface area contributed by atoms with E-state index < -0.39 is 11.7 Å². The third-order valence-corrected chi connectivity index (χ3v) is 7.15. The number of hydrogen-bond acceptors (Lipinski definition) is 4. The van der Waals surface area contributed by atoms with Crippen molar-refractivity contribution < 1.29 is 18.6 Å². The Labute approximate surface area is 222 Å². The van der Waals surface area contributed by atoms with Crippen LogP contribution in [0.15, 0.2) is 65.1 Å². The van der Waals surface area contributed by atoms with Gasteiger partial charge < -0.3 is 19.5 Å². The monoisotopic (exact) mass is 555 g/mol. The summed E-state index contributed by atoms with van der Waals surface area (Å²) in [5.74, 6) is 0.455. The van der Waals surface area contributed by atoms with Crippen LogP contribution in [0, 0.1) is 5.82 Å². The van der Waals surface area contributed by atoms with Crippen molar-refractivity contribution in [2.75, 3.05) is 12.4 Å². The summed E-state index contributed by atoms with van der Waals surface area (Å²) in [4.78, 5) is 0. The van der Waals surface area contributed by atoms with Crippen molar-refractivity contribution in [3.63, 3.8) is 0 Å². The van der Waals surface area contributed by atoms with Crippen LogP contribution in [0.3, 0.4) is 0 Å². The van der Waals surface area contributed by atoms with E-state index >= 15 is 0 Å². The lowest BCUT2D eigenvalue weighted by Gasteiger charge is -2.44. The van der Waals surface area contributed by atoms with Crippen molar-refractivity contribution in [3.8, 4) is 5.75 Å². The van der Waals surface area contributed by atoms with Crippen LogP contribution in [-0.4, -0.2) is 18.8 Å². The summed E-state index contributed by atoms with van der Waals surface area (Å²) >= 11 is 3.30. The molecule has 1 aliphatic heterocycles. The zero-order valence-corrected chi connectivity index (χ0v) is 23.4. The van der Waals surface area contributed by atoms with E-state index in [2.05, 4.69) is 72.3 Å². The van der Waals surface area contributed by atoms with Gasteiger partial charge in [0, 0.05) is 34.9 Å². The minimum absolute atomic E-state index is 0.119. The number of benzene rings is 3. The van der Waals surface area contributed by atoms with E-state index in [9.17, 15) is 4.39 Å². The van der Waals surface area contributed by atoms with Crippen LogP contribution in [0.25, 0.3) is 0 Å². The maximum atomic E-state index is 14.4. The van der Waals surface area contributed by atoms with Gasteiger partial charge in [-0.2, -0.15) is 0 Å². The SMILES string of the molecule is COC1c2cc(NCc3ccc(C(C)(C)C)cc3)ccc2OC(C)(C)C1OCc1ccc(Br)cc1F. The molecule has 4 nitrogen and oxygen atoms in total. The second-order valence-corrected chi connectivity index (χ2v) is 11.8. The third-order valence-electron chi connectivity index (χ3n) is 6.65. The van der Waals surface area contributed by atoms with Crippen molar-refractivity contribution >= 4 is 21.6 Å². The Morgan fingerprint density at radius 3 is 2.39 bits per heavy atom. The Bertz CT molecular complexity index is 1200. The van der Waals surface area contributed by atoms with E-state index in [1.165, 1.54) is 17.2 Å². The second kappa shape index (κ2) is 10.5. The number of rotatable bonds is 7. The zero-order chi connectivity index (χ0) is 26.1. The van der Waals surface area contributed by atoms with Gasteiger partial charge in [-0.1, -0.05) is 67.0 Å². The van der Waals surface area contributed by atoms with Crippen LogP contribution in [0.1, 0.15) is 63.0 Å². The van der Waals surface area contributed by atoms with Crippen LogP contribution < -0.4 is 10.1 Å². The molecule has 0 bridgehead atoms. The Morgan fingerprint density at radius 2 is 1.75 bits per heavy atom. The molecule has 1 aliphatic rings. The van der Waals surface area contributed by atoms with Crippen molar-refractivity contribution in [1.29, 1.82) is 0 Å². The zero-order valence-electron chi connectivity index (χ0n) is 21.8. The topological polar surface area (TPSA) is 39.7 Å². The third kappa shape index (κ3) is 5.93. The lowest BCUT2D eigenvalue weighted by atomic mass is 9.87. The maximum Gasteiger partial charge on any atom is 0.132 e. The summed E-state index contributed by atoms with van der Waals surface area (Å²) < 4.78 is 33.6. The normalized spacial score (nSPS) is 18.9. The predicted octanol–water partition coefficient (Wildman–Crippen LogP) is 7.94. The summed E-state index contributed by atoms with van der Waals surface area (Å²) in [7, 11) is 1.67. The Balaban J connectivity index is 1.51. The first-order valence-electron chi connectivity index (χ1n) is 12.2. The molecule has 4 rings (SSSR count). The number of methoxy groups -OCH3 is 1. The van der Waals surface area contributed by atoms with Crippen molar-refractivity contribution in [3.05, 3.63) is 93.2 Å². The molecule has 2 unspecified atom stereocenters. The molecule has 3 aromatic rings. The maximum absolute atomic E-state index is 14.4. The molecule has 0 spiro atoms. The molecule has 3 aromatic carbocycles. The highest BCUT2D eigenvalue weighted by Gasteiger charge is 2.45. The lowest BCUT2D eigenvalue weighted by molar-refractivity contribution is -0.159. The van der Waals surface area contributed by atoms with E-state index in [1.54, 1.807) is 13.2 Å². The fourth-order valence-electron chi connectivity index (χ4n) is 4.53. The molecule has 36 heavy (non-hydrogen) atoms. The standard InChI is InChI=1S/C30H35BrFNO3/c1-29(2,3)21-10-7-19(8-11-21)17-33-23-13-14-26-24(16-23)27(34-6)28(30(4,5)36-26)35-18-20-9-12-22(31)15-25(20)32/h7-16,27-28,33H,17-18H2,1-6H3. The molecule has 0 saturated heterocycles. The molecule has 0 aromatic heterocycles. The van der Waals surface area contributed by atoms with Crippen molar-refractivity contribution in [1.82, 2.24) is 0 Å². The highest BCUT2D eigenvalue weighted by molar-refractivity contribution is 9.10. The summed E-state index contributed by atoms with van der Waals surface area (Å²) in [5.41, 5.74) is 4.36. The average molecular weight is 557 g/mol.